The Labute approximate surface area is 142 Å². The van der Waals surface area contributed by atoms with E-state index in [1.54, 1.807) is 24.3 Å². The number of piperidine rings is 3. The Morgan fingerprint density at radius 1 is 1.38 bits per heavy atom. The summed E-state index contributed by atoms with van der Waals surface area (Å²) in [5.74, 6) is 3.76. The molecule has 4 rings (SSSR count). The average molecular weight is 326 g/mol. The lowest BCUT2D eigenvalue weighted by Gasteiger charge is -2.48. The van der Waals surface area contributed by atoms with Crippen LogP contribution in [0, 0.1) is 24.2 Å². The molecule has 1 unspecified atom stereocenters. The van der Waals surface area contributed by atoms with Gasteiger partial charge in [0.1, 0.15) is 6.61 Å². The largest absolute Gasteiger partial charge is 0.448 e. The zero-order valence-corrected chi connectivity index (χ0v) is 13.8. The normalized spacial score (nSPS) is 28.0. The van der Waals surface area contributed by atoms with Crippen molar-refractivity contribution in [3.8, 4) is 12.3 Å². The minimum atomic E-state index is -0.471. The number of hydrogen-bond donors (Lipinski definition) is 1. The Kier molecular flexibility index (Phi) is 4.86. The molecule has 0 aromatic heterocycles. The zero-order valence-electron chi connectivity index (χ0n) is 13.8. The van der Waals surface area contributed by atoms with Crippen LogP contribution >= 0.6 is 0 Å². The molecule has 1 amide bonds. The van der Waals surface area contributed by atoms with Crippen LogP contribution in [0.25, 0.3) is 0 Å². The summed E-state index contributed by atoms with van der Waals surface area (Å²) in [5, 5.41) is 2.69. The van der Waals surface area contributed by atoms with Gasteiger partial charge in [-0.1, -0.05) is 0 Å². The molecule has 3 saturated heterocycles. The van der Waals surface area contributed by atoms with E-state index in [4.69, 9.17) is 11.2 Å². The molecule has 24 heavy (non-hydrogen) atoms. The van der Waals surface area contributed by atoms with Gasteiger partial charge < -0.3 is 4.74 Å². The number of amides is 1. The first kappa shape index (κ1) is 16.5. The highest BCUT2D eigenvalue weighted by Gasteiger charge is 2.39. The number of benzene rings is 1. The molecule has 3 aliphatic heterocycles. The van der Waals surface area contributed by atoms with Crippen LogP contribution in [0.15, 0.2) is 24.3 Å². The van der Waals surface area contributed by atoms with Gasteiger partial charge in [-0.2, -0.15) is 0 Å². The SMILES string of the molecule is C#C[C@H]1CN2CC[C@@H]1C[C@@H]2COC(=O)Nc1ccc(C(C)=O)cc1. The number of carbonyl (C=O) groups is 2. The van der Waals surface area contributed by atoms with Gasteiger partial charge in [-0.3, -0.25) is 15.0 Å². The third kappa shape index (κ3) is 3.60. The second kappa shape index (κ2) is 7.06. The molecule has 3 aliphatic rings. The molecule has 0 spiro atoms. The molecule has 2 bridgehead atoms. The van der Waals surface area contributed by atoms with Crippen LogP contribution in [-0.4, -0.2) is 42.5 Å². The molecule has 5 nitrogen and oxygen atoms in total. The topological polar surface area (TPSA) is 58.6 Å². The Hall–Kier alpha value is -2.32. The standard InChI is InChI=1S/C19H22N2O3/c1-3-14-11-21-9-8-16(14)10-18(21)12-24-19(23)20-17-6-4-15(5-7-17)13(2)22/h1,4-7,14,16,18H,8-12H2,2H3,(H,20,23)/t14-,16+,18+/m0/s1. The predicted molar refractivity (Wildman–Crippen MR) is 91.8 cm³/mol. The number of ketones is 1. The summed E-state index contributed by atoms with van der Waals surface area (Å²) in [6, 6.07) is 7.02. The lowest BCUT2D eigenvalue weighted by molar-refractivity contribution is -0.00665. The summed E-state index contributed by atoms with van der Waals surface area (Å²) in [7, 11) is 0. The highest BCUT2D eigenvalue weighted by molar-refractivity contribution is 5.94. The van der Waals surface area contributed by atoms with Crippen LogP contribution < -0.4 is 5.32 Å². The number of terminal acetylenes is 1. The van der Waals surface area contributed by atoms with Crippen molar-refractivity contribution in [3.63, 3.8) is 0 Å². The third-order valence-corrected chi connectivity index (χ3v) is 5.04. The smallest absolute Gasteiger partial charge is 0.411 e. The third-order valence-electron chi connectivity index (χ3n) is 5.04. The number of Topliss-reactive ketones (excluding diaryl/α,β-unsaturated/α-hetero) is 1. The van der Waals surface area contributed by atoms with E-state index in [0.717, 1.165) is 25.9 Å². The molecule has 0 aliphatic carbocycles. The summed E-state index contributed by atoms with van der Waals surface area (Å²) in [5.41, 5.74) is 1.23. The number of fused-ring (bicyclic) bond motifs is 3. The summed E-state index contributed by atoms with van der Waals surface area (Å²) in [6.07, 6.45) is 7.24. The van der Waals surface area contributed by atoms with Gasteiger partial charge >= 0.3 is 6.09 Å². The molecule has 5 heteroatoms. The average Bonchev–Trinajstić information content (AvgIpc) is 2.60. The van der Waals surface area contributed by atoms with E-state index in [-0.39, 0.29) is 11.8 Å². The van der Waals surface area contributed by atoms with Crippen molar-refractivity contribution in [2.45, 2.75) is 25.8 Å². The molecule has 3 fully saturated rings. The molecule has 4 atom stereocenters. The minimum absolute atomic E-state index is 0.00389. The van der Waals surface area contributed by atoms with Gasteiger partial charge in [-0.25, -0.2) is 4.79 Å². The van der Waals surface area contributed by atoms with Crippen molar-refractivity contribution in [1.82, 2.24) is 4.90 Å². The highest BCUT2D eigenvalue weighted by Crippen LogP contribution is 2.35. The van der Waals surface area contributed by atoms with Gasteiger partial charge in [-0.15, -0.1) is 12.3 Å². The fourth-order valence-electron chi connectivity index (χ4n) is 3.61. The summed E-state index contributed by atoms with van der Waals surface area (Å²) in [6.45, 7) is 3.83. The van der Waals surface area contributed by atoms with Gasteiger partial charge in [0.15, 0.2) is 5.78 Å². The Balaban J connectivity index is 1.48. The monoisotopic (exact) mass is 326 g/mol. The van der Waals surface area contributed by atoms with Crippen molar-refractivity contribution < 1.29 is 14.3 Å². The number of rotatable bonds is 4. The van der Waals surface area contributed by atoms with Crippen molar-refractivity contribution >= 4 is 17.6 Å². The van der Waals surface area contributed by atoms with E-state index in [0.29, 0.717) is 29.7 Å². The van der Waals surface area contributed by atoms with Gasteiger partial charge in [0.2, 0.25) is 0 Å². The maximum absolute atomic E-state index is 11.9. The van der Waals surface area contributed by atoms with Crippen LogP contribution in [-0.2, 0) is 4.74 Å². The maximum atomic E-state index is 11.9. The van der Waals surface area contributed by atoms with E-state index >= 15 is 0 Å². The number of carbonyl (C=O) groups excluding carboxylic acids is 2. The lowest BCUT2D eigenvalue weighted by Crippen LogP contribution is -2.54. The summed E-state index contributed by atoms with van der Waals surface area (Å²) >= 11 is 0. The Morgan fingerprint density at radius 2 is 2.12 bits per heavy atom. The number of hydrogen-bond acceptors (Lipinski definition) is 4. The second-order valence-corrected chi connectivity index (χ2v) is 6.56. The van der Waals surface area contributed by atoms with Crippen LogP contribution in [0.3, 0.4) is 0 Å². The predicted octanol–water partition coefficient (Wildman–Crippen LogP) is 2.78. The fraction of sp³-hybridized carbons (Fsp3) is 0.474. The number of anilines is 1. The van der Waals surface area contributed by atoms with Crippen LogP contribution in [0.5, 0.6) is 0 Å². The number of nitrogens with zero attached hydrogens (tertiary/aromatic N) is 1. The van der Waals surface area contributed by atoms with E-state index in [1.165, 1.54) is 6.92 Å². The highest BCUT2D eigenvalue weighted by atomic mass is 16.5. The molecule has 1 N–H and O–H groups in total. The second-order valence-electron chi connectivity index (χ2n) is 6.56. The van der Waals surface area contributed by atoms with Crippen molar-refractivity contribution in [2.75, 3.05) is 25.0 Å². The van der Waals surface area contributed by atoms with E-state index < -0.39 is 6.09 Å². The molecule has 1 aromatic rings. The lowest BCUT2D eigenvalue weighted by atomic mass is 9.76. The van der Waals surface area contributed by atoms with Crippen LogP contribution in [0.2, 0.25) is 0 Å². The molecular weight excluding hydrogens is 304 g/mol. The van der Waals surface area contributed by atoms with E-state index in [1.807, 2.05) is 0 Å². The van der Waals surface area contributed by atoms with Gasteiger partial charge in [0.25, 0.3) is 0 Å². The van der Waals surface area contributed by atoms with Crippen molar-refractivity contribution in [3.05, 3.63) is 29.8 Å². The quantitative estimate of drug-likeness (QED) is 0.683. The first-order valence-electron chi connectivity index (χ1n) is 8.31. The zero-order chi connectivity index (χ0) is 17.1. The first-order chi connectivity index (χ1) is 11.6. The number of nitrogens with one attached hydrogen (secondary N) is 1. The fourth-order valence-corrected chi connectivity index (χ4v) is 3.61. The summed E-state index contributed by atoms with van der Waals surface area (Å²) < 4.78 is 5.37. The van der Waals surface area contributed by atoms with Crippen molar-refractivity contribution in [2.24, 2.45) is 11.8 Å². The van der Waals surface area contributed by atoms with Crippen molar-refractivity contribution in [1.29, 1.82) is 0 Å². The molecular formula is C19H22N2O3. The Morgan fingerprint density at radius 3 is 2.71 bits per heavy atom. The molecule has 0 radical (unpaired) electrons. The first-order valence-corrected chi connectivity index (χ1v) is 8.31. The van der Waals surface area contributed by atoms with Gasteiger partial charge in [0.05, 0.1) is 0 Å². The molecule has 0 saturated carbocycles. The van der Waals surface area contributed by atoms with E-state index in [9.17, 15) is 9.59 Å². The van der Waals surface area contributed by atoms with Crippen LogP contribution in [0.4, 0.5) is 10.5 Å². The van der Waals surface area contributed by atoms with Crippen LogP contribution in [0.1, 0.15) is 30.1 Å². The maximum Gasteiger partial charge on any atom is 0.411 e. The van der Waals surface area contributed by atoms with Gasteiger partial charge in [0, 0.05) is 29.8 Å². The van der Waals surface area contributed by atoms with E-state index in [2.05, 4.69) is 16.1 Å². The van der Waals surface area contributed by atoms with Gasteiger partial charge in [-0.05, 0) is 56.5 Å². The Bertz CT molecular complexity index is 662. The molecule has 1 aromatic carbocycles. The minimum Gasteiger partial charge on any atom is -0.448 e. The number of ether oxygens (including phenoxy) is 1. The molecule has 126 valence electrons. The molecule has 3 heterocycles. The summed E-state index contributed by atoms with van der Waals surface area (Å²) in [4.78, 5) is 25.5.